The number of carbonyl (C=O) groups excluding carboxylic acids is 1. The normalized spacial score (nSPS) is 21.2. The number of hydroxylamine groups is 2. The van der Waals surface area contributed by atoms with E-state index < -0.39 is 30.3 Å². The summed E-state index contributed by atoms with van der Waals surface area (Å²) in [6.07, 6.45) is -2.33. The fraction of sp³-hybridized carbons (Fsp3) is 0.333. The van der Waals surface area contributed by atoms with Crippen molar-refractivity contribution in [3.8, 4) is 0 Å². The van der Waals surface area contributed by atoms with Crippen molar-refractivity contribution < 1.29 is 33.7 Å². The van der Waals surface area contributed by atoms with Gasteiger partial charge in [-0.3, -0.25) is 0 Å². The third kappa shape index (κ3) is 7.68. The number of esters is 1. The van der Waals surface area contributed by atoms with E-state index in [1.54, 1.807) is 6.92 Å². The third-order valence-electron chi connectivity index (χ3n) is 6.44. The zero-order chi connectivity index (χ0) is 27.5. The number of piperidine rings is 1. The molecule has 0 bridgehead atoms. The first kappa shape index (κ1) is 28.3. The van der Waals surface area contributed by atoms with Crippen LogP contribution in [0.5, 0.6) is 0 Å². The highest BCUT2D eigenvalue weighted by Crippen LogP contribution is 2.28. The molecule has 0 saturated carbocycles. The first-order chi connectivity index (χ1) is 19.1. The minimum atomic E-state index is -1.17. The lowest BCUT2D eigenvalue weighted by Gasteiger charge is -2.43. The molecule has 39 heavy (non-hydrogen) atoms. The topological polar surface area (TPSA) is 114 Å². The van der Waals surface area contributed by atoms with Crippen LogP contribution in [0.2, 0.25) is 0 Å². The van der Waals surface area contributed by atoms with Crippen LogP contribution >= 0.6 is 0 Å². The molecule has 0 aliphatic carbocycles. The largest absolute Gasteiger partial charge is 0.457 e. The second-order valence-corrected chi connectivity index (χ2v) is 9.13. The smallest absolute Gasteiger partial charge is 0.418 e. The Morgan fingerprint density at radius 2 is 1.28 bits per heavy atom. The molecule has 0 radical (unpaired) electrons. The zero-order valence-electron chi connectivity index (χ0n) is 21.8. The lowest BCUT2D eigenvalue weighted by molar-refractivity contribution is -0.257. The summed E-state index contributed by atoms with van der Waals surface area (Å²) in [6, 6.07) is 27.6. The summed E-state index contributed by atoms with van der Waals surface area (Å²) in [5, 5.41) is 12.0. The lowest BCUT2D eigenvalue weighted by atomic mass is 9.91. The second-order valence-electron chi connectivity index (χ2n) is 9.13. The van der Waals surface area contributed by atoms with Gasteiger partial charge in [-0.1, -0.05) is 91.0 Å². The quantitative estimate of drug-likeness (QED) is 0.162. The first-order valence-electron chi connectivity index (χ1n) is 12.9. The van der Waals surface area contributed by atoms with Crippen LogP contribution in [-0.4, -0.2) is 64.2 Å². The fourth-order valence-electron chi connectivity index (χ4n) is 4.53. The molecule has 1 aliphatic rings. The van der Waals surface area contributed by atoms with Gasteiger partial charge in [-0.2, -0.15) is 9.85 Å². The molecule has 1 fully saturated rings. The van der Waals surface area contributed by atoms with E-state index in [1.165, 1.54) is 0 Å². The summed E-state index contributed by atoms with van der Waals surface area (Å²) in [6.45, 7) is 2.37. The number of hydrogen-bond acceptors (Lipinski definition) is 7. The van der Waals surface area contributed by atoms with Gasteiger partial charge in [-0.15, -0.1) is 0 Å². The van der Waals surface area contributed by atoms with E-state index in [0.29, 0.717) is 0 Å². The standard InChI is InChI=1S/C30H33N3O6/c1-2-36-30(34)26(32-31)27-29(39-21-24-16-10-5-11-17-24)28(38-20-23-14-8-4-9-15-23)25(18-33(27)35)37-19-22-12-6-3-7-13-22/h3-17,25,27-29,35H,2,18-21H2,1H3/t25-,27+,28-,29-/m1/s1. The van der Waals surface area contributed by atoms with Crippen LogP contribution in [0.3, 0.4) is 0 Å². The van der Waals surface area contributed by atoms with Gasteiger partial charge < -0.3 is 29.7 Å². The van der Waals surface area contributed by atoms with E-state index in [9.17, 15) is 15.5 Å². The van der Waals surface area contributed by atoms with Gasteiger partial charge in [0.1, 0.15) is 18.3 Å². The Morgan fingerprint density at radius 3 is 1.74 bits per heavy atom. The summed E-state index contributed by atoms with van der Waals surface area (Å²) < 4.78 is 24.1. The van der Waals surface area contributed by atoms with Crippen molar-refractivity contribution in [2.75, 3.05) is 13.2 Å². The SMILES string of the molecule is CCOC(=O)C(=[N+]=[N-])[C@H]1[C@@H](OCc2ccccc2)[C@H](OCc2ccccc2)[C@H](OCc2ccccc2)CN1O. The fourth-order valence-corrected chi connectivity index (χ4v) is 4.53. The highest BCUT2D eigenvalue weighted by molar-refractivity contribution is 6.36. The van der Waals surface area contributed by atoms with Gasteiger partial charge in [0, 0.05) is 0 Å². The average Bonchev–Trinajstić information content (AvgIpc) is 2.97. The van der Waals surface area contributed by atoms with Gasteiger partial charge in [0.05, 0.1) is 33.0 Å². The van der Waals surface area contributed by atoms with Gasteiger partial charge in [0.2, 0.25) is 0 Å². The van der Waals surface area contributed by atoms with Crippen LogP contribution in [-0.2, 0) is 43.6 Å². The molecule has 1 N–H and O–H groups in total. The molecule has 0 unspecified atom stereocenters. The summed E-state index contributed by atoms with van der Waals surface area (Å²) in [7, 11) is 0. The molecular formula is C30H33N3O6. The maximum Gasteiger partial charge on any atom is 0.418 e. The molecule has 3 aromatic carbocycles. The van der Waals surface area contributed by atoms with Crippen LogP contribution in [0.15, 0.2) is 91.0 Å². The lowest BCUT2D eigenvalue weighted by Crippen LogP contribution is -2.66. The maximum absolute atomic E-state index is 12.7. The van der Waals surface area contributed by atoms with Gasteiger partial charge in [0.25, 0.3) is 0 Å². The van der Waals surface area contributed by atoms with E-state index in [-0.39, 0.29) is 38.7 Å². The monoisotopic (exact) mass is 531 g/mol. The second kappa shape index (κ2) is 14.5. The summed E-state index contributed by atoms with van der Waals surface area (Å²) >= 11 is 0. The van der Waals surface area contributed by atoms with E-state index in [2.05, 4.69) is 4.79 Å². The van der Waals surface area contributed by atoms with Crippen molar-refractivity contribution in [3.63, 3.8) is 0 Å². The number of nitrogens with zero attached hydrogens (tertiary/aromatic N) is 3. The number of carbonyl (C=O) groups is 1. The van der Waals surface area contributed by atoms with Crippen LogP contribution in [0.25, 0.3) is 5.53 Å². The van der Waals surface area contributed by atoms with Crippen LogP contribution < -0.4 is 0 Å². The van der Waals surface area contributed by atoms with E-state index >= 15 is 0 Å². The van der Waals surface area contributed by atoms with Crippen molar-refractivity contribution in [3.05, 3.63) is 113 Å². The highest BCUT2D eigenvalue weighted by atomic mass is 16.6. The Kier molecular flexibility index (Phi) is 10.5. The summed E-state index contributed by atoms with van der Waals surface area (Å²) in [4.78, 5) is 16.0. The van der Waals surface area contributed by atoms with Crippen molar-refractivity contribution in [1.29, 1.82) is 0 Å². The summed E-state index contributed by atoms with van der Waals surface area (Å²) in [5.41, 5.74) is 12.2. The number of ether oxygens (including phenoxy) is 4. The minimum absolute atomic E-state index is 0.0272. The maximum atomic E-state index is 12.7. The van der Waals surface area contributed by atoms with E-state index in [4.69, 9.17) is 18.9 Å². The van der Waals surface area contributed by atoms with Crippen LogP contribution in [0.1, 0.15) is 23.6 Å². The van der Waals surface area contributed by atoms with Crippen molar-refractivity contribution >= 4 is 11.7 Å². The molecular weight excluding hydrogens is 498 g/mol. The molecule has 1 aliphatic heterocycles. The predicted octanol–water partition coefficient (Wildman–Crippen LogP) is 4.05. The van der Waals surface area contributed by atoms with Crippen LogP contribution in [0.4, 0.5) is 0 Å². The molecule has 3 aromatic rings. The molecule has 1 saturated heterocycles. The van der Waals surface area contributed by atoms with Gasteiger partial charge in [-0.25, -0.2) is 4.79 Å². The number of rotatable bonds is 12. The molecule has 0 spiro atoms. The Hall–Kier alpha value is -3.69. The van der Waals surface area contributed by atoms with Gasteiger partial charge >= 0.3 is 11.7 Å². The number of hydrogen-bond donors (Lipinski definition) is 1. The van der Waals surface area contributed by atoms with Crippen molar-refractivity contribution in [2.24, 2.45) is 0 Å². The molecule has 9 heteroatoms. The molecule has 4 rings (SSSR count). The molecule has 9 nitrogen and oxygen atoms in total. The van der Waals surface area contributed by atoms with Crippen LogP contribution in [0, 0.1) is 0 Å². The Bertz CT molecular complexity index is 1220. The highest BCUT2D eigenvalue weighted by Gasteiger charge is 2.53. The third-order valence-corrected chi connectivity index (χ3v) is 6.44. The zero-order valence-corrected chi connectivity index (χ0v) is 21.8. The first-order valence-corrected chi connectivity index (χ1v) is 12.9. The number of benzene rings is 3. The Morgan fingerprint density at radius 1 is 0.821 bits per heavy atom. The molecule has 0 amide bonds. The van der Waals surface area contributed by atoms with Gasteiger partial charge in [0.15, 0.2) is 6.04 Å². The minimum Gasteiger partial charge on any atom is -0.457 e. The van der Waals surface area contributed by atoms with Gasteiger partial charge in [-0.05, 0) is 23.6 Å². The van der Waals surface area contributed by atoms with E-state index in [0.717, 1.165) is 21.8 Å². The molecule has 4 atom stereocenters. The predicted molar refractivity (Wildman–Crippen MR) is 143 cm³/mol. The average molecular weight is 532 g/mol. The Labute approximate surface area is 228 Å². The molecule has 0 aromatic heterocycles. The summed E-state index contributed by atoms with van der Waals surface area (Å²) in [5.74, 6) is -0.858. The molecule has 204 valence electrons. The van der Waals surface area contributed by atoms with Crippen molar-refractivity contribution in [2.45, 2.75) is 51.1 Å². The molecule has 1 heterocycles. The van der Waals surface area contributed by atoms with Crippen molar-refractivity contribution in [1.82, 2.24) is 5.06 Å². The Balaban J connectivity index is 1.66. The van der Waals surface area contributed by atoms with E-state index in [1.807, 2.05) is 91.0 Å².